The topological polar surface area (TPSA) is 92.3 Å². The molecule has 0 unspecified atom stereocenters. The van der Waals surface area contributed by atoms with E-state index in [0.717, 1.165) is 17.0 Å². The number of carbonyl (C=O) groups is 1. The molecule has 0 radical (unpaired) electrons. The Morgan fingerprint density at radius 3 is 2.69 bits per heavy atom. The fourth-order valence-electron chi connectivity index (χ4n) is 3.24. The number of benzene rings is 2. The molecule has 3 aromatic rings. The van der Waals surface area contributed by atoms with Crippen LogP contribution in [0, 0.1) is 0 Å². The van der Waals surface area contributed by atoms with Crippen LogP contribution in [-0.4, -0.2) is 35.4 Å². The third kappa shape index (κ3) is 4.07. The Balaban J connectivity index is 1.55. The molecule has 1 N–H and O–H groups in total. The number of fused-ring (bicyclic) bond motifs is 1. The molecular weight excluding hydrogens is 408 g/mol. The fourth-order valence-corrected chi connectivity index (χ4v) is 5.38. The van der Waals surface area contributed by atoms with Crippen molar-refractivity contribution in [3.8, 4) is 0 Å². The molecule has 9 heteroatoms. The molecule has 2 aromatic carbocycles. The first-order valence-corrected chi connectivity index (χ1v) is 11.5. The lowest BCUT2D eigenvalue weighted by Crippen LogP contribution is -2.36. The molecule has 0 bridgehead atoms. The van der Waals surface area contributed by atoms with Crippen molar-refractivity contribution in [2.45, 2.75) is 31.2 Å². The summed E-state index contributed by atoms with van der Waals surface area (Å²) in [5.74, 6) is -0.412. The van der Waals surface area contributed by atoms with Gasteiger partial charge in [0.25, 0.3) is 5.91 Å². The fraction of sp³-hybridized carbons (Fsp3) is 0.250. The minimum atomic E-state index is -3.71. The first kappa shape index (κ1) is 19.7. The summed E-state index contributed by atoms with van der Waals surface area (Å²) < 4.78 is 27.8. The monoisotopic (exact) mass is 428 g/mol. The predicted octanol–water partition coefficient (Wildman–Crippen LogP) is 3.10. The van der Waals surface area contributed by atoms with Gasteiger partial charge in [-0.15, -0.1) is 10.2 Å². The number of amides is 1. The summed E-state index contributed by atoms with van der Waals surface area (Å²) in [5.41, 5.74) is 2.45. The number of nitrogens with one attached hydrogen (secondary N) is 1. The maximum Gasteiger partial charge on any atom is 0.257 e. The van der Waals surface area contributed by atoms with Crippen LogP contribution in [0.5, 0.6) is 0 Å². The Hall–Kier alpha value is -2.62. The highest BCUT2D eigenvalue weighted by Gasteiger charge is 2.28. The van der Waals surface area contributed by atoms with Crippen LogP contribution in [0.3, 0.4) is 0 Å². The highest BCUT2D eigenvalue weighted by atomic mass is 32.2. The average molecular weight is 429 g/mol. The van der Waals surface area contributed by atoms with Gasteiger partial charge in [0.1, 0.15) is 5.01 Å². The Labute approximate surface area is 173 Å². The van der Waals surface area contributed by atoms with E-state index in [4.69, 9.17) is 0 Å². The van der Waals surface area contributed by atoms with Crippen molar-refractivity contribution < 1.29 is 13.2 Å². The van der Waals surface area contributed by atoms with Crippen LogP contribution in [0.4, 0.5) is 5.13 Å². The first-order valence-electron chi connectivity index (χ1n) is 9.28. The summed E-state index contributed by atoms with van der Waals surface area (Å²) >= 11 is 1.30. The van der Waals surface area contributed by atoms with E-state index in [0.29, 0.717) is 24.6 Å². The SMILES string of the molecule is CCc1nnc(NC(=O)c2cccc(S(=O)(=O)N3CCc4ccccc4C3)c2)s1. The summed E-state index contributed by atoms with van der Waals surface area (Å²) in [6, 6.07) is 14.0. The molecule has 29 heavy (non-hydrogen) atoms. The smallest absolute Gasteiger partial charge is 0.257 e. The maximum atomic E-state index is 13.1. The second-order valence-corrected chi connectivity index (χ2v) is 9.69. The van der Waals surface area contributed by atoms with Crippen molar-refractivity contribution in [3.63, 3.8) is 0 Å². The lowest BCUT2D eigenvalue weighted by atomic mass is 10.0. The number of nitrogens with zero attached hydrogens (tertiary/aromatic N) is 3. The molecule has 1 amide bonds. The van der Waals surface area contributed by atoms with Gasteiger partial charge < -0.3 is 0 Å². The molecular formula is C20H20N4O3S2. The molecule has 1 aromatic heterocycles. The van der Waals surface area contributed by atoms with Crippen LogP contribution in [0.2, 0.25) is 0 Å². The molecule has 150 valence electrons. The van der Waals surface area contributed by atoms with E-state index in [1.807, 2.05) is 31.2 Å². The quantitative estimate of drug-likeness (QED) is 0.674. The number of aromatic nitrogens is 2. The van der Waals surface area contributed by atoms with Gasteiger partial charge >= 0.3 is 0 Å². The van der Waals surface area contributed by atoms with Crippen molar-refractivity contribution in [1.29, 1.82) is 0 Å². The third-order valence-electron chi connectivity index (χ3n) is 4.82. The molecule has 0 saturated carbocycles. The van der Waals surface area contributed by atoms with Crippen molar-refractivity contribution in [2.75, 3.05) is 11.9 Å². The van der Waals surface area contributed by atoms with Gasteiger partial charge in [-0.05, 0) is 42.2 Å². The minimum Gasteiger partial charge on any atom is -0.296 e. The average Bonchev–Trinajstić information content (AvgIpc) is 3.21. The van der Waals surface area contributed by atoms with Crippen molar-refractivity contribution in [3.05, 3.63) is 70.2 Å². The van der Waals surface area contributed by atoms with Crippen LogP contribution in [0.25, 0.3) is 0 Å². The molecule has 0 atom stereocenters. The van der Waals surface area contributed by atoms with Gasteiger partial charge in [0, 0.05) is 18.7 Å². The van der Waals surface area contributed by atoms with Crippen LogP contribution < -0.4 is 5.32 Å². The second-order valence-electron chi connectivity index (χ2n) is 6.69. The summed E-state index contributed by atoms with van der Waals surface area (Å²) in [6.07, 6.45) is 1.41. The Morgan fingerprint density at radius 2 is 1.93 bits per heavy atom. The standard InChI is InChI=1S/C20H20N4O3S2/c1-2-18-22-23-20(28-18)21-19(25)15-8-5-9-17(12-15)29(26,27)24-11-10-14-6-3-4-7-16(14)13-24/h3-9,12H,2,10-11,13H2,1H3,(H,21,23,25). The predicted molar refractivity (Wildman–Crippen MR) is 111 cm³/mol. The Bertz CT molecular complexity index is 1160. The molecule has 2 heterocycles. The van der Waals surface area contributed by atoms with E-state index in [2.05, 4.69) is 15.5 Å². The van der Waals surface area contributed by atoms with Gasteiger partial charge in [-0.1, -0.05) is 48.6 Å². The first-order chi connectivity index (χ1) is 14.0. The van der Waals surface area contributed by atoms with E-state index < -0.39 is 15.9 Å². The van der Waals surface area contributed by atoms with Gasteiger partial charge in [0.15, 0.2) is 0 Å². The molecule has 0 aliphatic carbocycles. The molecule has 0 saturated heterocycles. The van der Waals surface area contributed by atoms with Gasteiger partial charge in [0.05, 0.1) is 4.90 Å². The zero-order valence-corrected chi connectivity index (χ0v) is 17.5. The summed E-state index contributed by atoms with van der Waals surface area (Å²) in [6.45, 7) is 2.71. The Morgan fingerprint density at radius 1 is 1.14 bits per heavy atom. The molecule has 1 aliphatic heterocycles. The highest BCUT2D eigenvalue weighted by Crippen LogP contribution is 2.25. The van der Waals surface area contributed by atoms with Gasteiger partial charge in [-0.25, -0.2) is 8.42 Å². The van der Waals surface area contributed by atoms with Crippen LogP contribution in [0.1, 0.15) is 33.4 Å². The van der Waals surface area contributed by atoms with E-state index in [-0.39, 0.29) is 10.5 Å². The molecule has 0 spiro atoms. The lowest BCUT2D eigenvalue weighted by Gasteiger charge is -2.28. The van der Waals surface area contributed by atoms with Crippen molar-refractivity contribution >= 4 is 32.4 Å². The van der Waals surface area contributed by atoms with Crippen molar-refractivity contribution in [1.82, 2.24) is 14.5 Å². The minimum absolute atomic E-state index is 0.107. The number of anilines is 1. The van der Waals surface area contributed by atoms with Crippen LogP contribution in [0.15, 0.2) is 53.4 Å². The largest absolute Gasteiger partial charge is 0.296 e. The summed E-state index contributed by atoms with van der Waals surface area (Å²) in [5, 5.41) is 11.8. The zero-order valence-electron chi connectivity index (χ0n) is 15.8. The number of rotatable bonds is 5. The number of hydrogen-bond donors (Lipinski definition) is 1. The molecule has 0 fully saturated rings. The zero-order chi connectivity index (χ0) is 20.4. The summed E-state index contributed by atoms with van der Waals surface area (Å²) in [4.78, 5) is 12.7. The number of carbonyl (C=O) groups excluding carboxylic acids is 1. The van der Waals surface area contributed by atoms with E-state index in [9.17, 15) is 13.2 Å². The van der Waals surface area contributed by atoms with E-state index in [1.165, 1.54) is 33.3 Å². The second kappa shape index (κ2) is 8.02. The normalized spacial score (nSPS) is 14.4. The molecule has 1 aliphatic rings. The number of aryl methyl sites for hydroxylation is 1. The van der Waals surface area contributed by atoms with Gasteiger partial charge in [-0.2, -0.15) is 4.31 Å². The third-order valence-corrected chi connectivity index (χ3v) is 7.64. The summed E-state index contributed by atoms with van der Waals surface area (Å²) in [7, 11) is -3.71. The van der Waals surface area contributed by atoms with Gasteiger partial charge in [0.2, 0.25) is 15.2 Å². The molecule has 7 nitrogen and oxygen atoms in total. The highest BCUT2D eigenvalue weighted by molar-refractivity contribution is 7.89. The maximum absolute atomic E-state index is 13.1. The number of sulfonamides is 1. The van der Waals surface area contributed by atoms with Crippen molar-refractivity contribution in [2.24, 2.45) is 0 Å². The van der Waals surface area contributed by atoms with E-state index in [1.54, 1.807) is 12.1 Å². The van der Waals surface area contributed by atoms with Crippen LogP contribution in [-0.2, 0) is 29.4 Å². The van der Waals surface area contributed by atoms with Crippen LogP contribution >= 0.6 is 11.3 Å². The molecule has 4 rings (SSSR count). The lowest BCUT2D eigenvalue weighted by molar-refractivity contribution is 0.102. The van der Waals surface area contributed by atoms with Gasteiger partial charge in [-0.3, -0.25) is 10.1 Å². The number of hydrogen-bond acceptors (Lipinski definition) is 6. The van der Waals surface area contributed by atoms with E-state index >= 15 is 0 Å². The Kier molecular flexibility index (Phi) is 5.44.